The lowest BCUT2D eigenvalue weighted by Crippen LogP contribution is -2.52. The van der Waals surface area contributed by atoms with Gasteiger partial charge in [-0.15, -0.1) is 0 Å². The molecule has 4 aliphatic rings. The third-order valence-electron chi connectivity index (χ3n) is 8.05. The largest absolute Gasteiger partial charge is 0.340 e. The Morgan fingerprint density at radius 3 is 2.15 bits per heavy atom. The number of carbonyl (C=O) groups is 1. The molecule has 1 spiro atoms. The molecule has 1 amide bonds. The molecule has 2 aliphatic heterocycles. The van der Waals surface area contributed by atoms with Gasteiger partial charge in [0, 0.05) is 38.6 Å². The van der Waals surface area contributed by atoms with E-state index in [2.05, 4.69) is 15.1 Å². The number of piperidine rings is 1. The zero-order valence-electron chi connectivity index (χ0n) is 16.7. The summed E-state index contributed by atoms with van der Waals surface area (Å²) in [6.45, 7) is 6.56. The van der Waals surface area contributed by atoms with Crippen molar-refractivity contribution in [2.45, 2.75) is 83.1 Å². The Hall–Kier alpha value is -0.610. The summed E-state index contributed by atoms with van der Waals surface area (Å²) in [5.74, 6) is 1.10. The number of nitrogens with zero attached hydrogens (tertiary/aromatic N) is 2. The van der Waals surface area contributed by atoms with E-state index < -0.39 is 0 Å². The van der Waals surface area contributed by atoms with Crippen LogP contribution < -0.4 is 5.32 Å². The van der Waals surface area contributed by atoms with E-state index in [0.29, 0.717) is 17.2 Å². The lowest BCUT2D eigenvalue weighted by atomic mass is 9.65. The van der Waals surface area contributed by atoms with Gasteiger partial charge in [0.15, 0.2) is 0 Å². The Bertz CT molecular complexity index is 450. The lowest BCUT2D eigenvalue weighted by Gasteiger charge is -2.44. The molecule has 1 N–H and O–H groups in total. The van der Waals surface area contributed by atoms with Crippen LogP contribution in [-0.2, 0) is 4.79 Å². The second kappa shape index (κ2) is 8.60. The fourth-order valence-corrected chi connectivity index (χ4v) is 6.11. The Labute approximate surface area is 160 Å². The minimum atomic E-state index is 0.444. The Morgan fingerprint density at radius 1 is 0.846 bits per heavy atom. The SMILES string of the molecule is O=C(CC1CCC2(CCNCC2)CC1)N1CCN(C2CCCCC2)CC1. The Balaban J connectivity index is 1.19. The van der Waals surface area contributed by atoms with Crippen LogP contribution in [0, 0.1) is 11.3 Å². The second-order valence-corrected chi connectivity index (χ2v) is 9.61. The van der Waals surface area contributed by atoms with Crippen molar-refractivity contribution in [3.8, 4) is 0 Å². The van der Waals surface area contributed by atoms with Crippen LogP contribution >= 0.6 is 0 Å². The maximum atomic E-state index is 12.8. The van der Waals surface area contributed by atoms with Crippen molar-refractivity contribution in [1.82, 2.24) is 15.1 Å². The van der Waals surface area contributed by atoms with Gasteiger partial charge in [0.25, 0.3) is 0 Å². The quantitative estimate of drug-likeness (QED) is 0.837. The van der Waals surface area contributed by atoms with E-state index in [1.807, 2.05) is 0 Å². The average Bonchev–Trinajstić information content (AvgIpc) is 2.71. The van der Waals surface area contributed by atoms with Gasteiger partial charge >= 0.3 is 0 Å². The highest BCUT2D eigenvalue weighted by Crippen LogP contribution is 2.45. The van der Waals surface area contributed by atoms with E-state index in [1.54, 1.807) is 0 Å². The third kappa shape index (κ3) is 4.44. The second-order valence-electron chi connectivity index (χ2n) is 9.61. The predicted molar refractivity (Wildman–Crippen MR) is 106 cm³/mol. The summed E-state index contributed by atoms with van der Waals surface area (Å²) in [7, 11) is 0. The first-order valence-corrected chi connectivity index (χ1v) is 11.5. The van der Waals surface area contributed by atoms with Crippen molar-refractivity contribution in [2.75, 3.05) is 39.3 Å². The zero-order chi connectivity index (χ0) is 17.8. The van der Waals surface area contributed by atoms with Crippen LogP contribution in [0.5, 0.6) is 0 Å². The molecule has 4 rings (SSSR count). The smallest absolute Gasteiger partial charge is 0.222 e. The van der Waals surface area contributed by atoms with Gasteiger partial charge in [0.1, 0.15) is 0 Å². The van der Waals surface area contributed by atoms with Gasteiger partial charge in [-0.2, -0.15) is 0 Å². The van der Waals surface area contributed by atoms with Gasteiger partial charge in [0.05, 0.1) is 0 Å². The standard InChI is InChI=1S/C22H39N3O/c26-21(18-19-6-8-22(9-7-19)10-12-23-13-11-22)25-16-14-24(15-17-25)20-4-2-1-3-5-20/h19-20,23H,1-18H2. The first kappa shape index (κ1) is 18.7. The number of carbonyl (C=O) groups excluding carboxylic acids is 1. The number of hydrogen-bond donors (Lipinski definition) is 1. The monoisotopic (exact) mass is 361 g/mol. The van der Waals surface area contributed by atoms with Crippen molar-refractivity contribution in [2.24, 2.45) is 11.3 Å². The van der Waals surface area contributed by atoms with Crippen LogP contribution in [0.1, 0.15) is 77.0 Å². The summed E-state index contributed by atoms with van der Waals surface area (Å²) in [5, 5.41) is 3.51. The van der Waals surface area contributed by atoms with Crippen molar-refractivity contribution >= 4 is 5.91 Å². The first-order chi connectivity index (χ1) is 12.7. The summed E-state index contributed by atoms with van der Waals surface area (Å²) in [4.78, 5) is 17.7. The van der Waals surface area contributed by atoms with Gasteiger partial charge < -0.3 is 10.2 Å². The molecule has 0 bridgehead atoms. The molecular weight excluding hydrogens is 322 g/mol. The summed E-state index contributed by atoms with van der Waals surface area (Å²) in [5.41, 5.74) is 0.621. The van der Waals surface area contributed by atoms with E-state index in [-0.39, 0.29) is 0 Å². The highest BCUT2D eigenvalue weighted by molar-refractivity contribution is 5.76. The van der Waals surface area contributed by atoms with E-state index in [1.165, 1.54) is 83.7 Å². The fraction of sp³-hybridized carbons (Fsp3) is 0.955. The van der Waals surface area contributed by atoms with Gasteiger partial charge in [0.2, 0.25) is 5.91 Å². The fourth-order valence-electron chi connectivity index (χ4n) is 6.11. The van der Waals surface area contributed by atoms with Crippen LogP contribution in [0.3, 0.4) is 0 Å². The summed E-state index contributed by atoms with van der Waals surface area (Å²) >= 11 is 0. The molecule has 0 radical (unpaired) electrons. The topological polar surface area (TPSA) is 35.6 Å². The molecule has 0 aromatic rings. The summed E-state index contributed by atoms with van der Waals surface area (Å²) in [6, 6.07) is 0.806. The third-order valence-corrected chi connectivity index (χ3v) is 8.05. The normalized spacial score (nSPS) is 29.2. The van der Waals surface area contributed by atoms with Gasteiger partial charge in [-0.05, 0) is 75.8 Å². The van der Waals surface area contributed by atoms with E-state index in [4.69, 9.17) is 0 Å². The summed E-state index contributed by atoms with van der Waals surface area (Å²) < 4.78 is 0. The van der Waals surface area contributed by atoms with E-state index >= 15 is 0 Å². The predicted octanol–water partition coefficient (Wildman–Crippen LogP) is 3.41. The van der Waals surface area contributed by atoms with Crippen LogP contribution in [0.15, 0.2) is 0 Å². The number of rotatable bonds is 3. The molecule has 4 nitrogen and oxygen atoms in total. The number of amides is 1. The maximum Gasteiger partial charge on any atom is 0.222 e. The molecule has 2 heterocycles. The molecule has 4 fully saturated rings. The van der Waals surface area contributed by atoms with Crippen molar-refractivity contribution in [1.29, 1.82) is 0 Å². The molecule has 26 heavy (non-hydrogen) atoms. The van der Waals surface area contributed by atoms with Crippen molar-refractivity contribution < 1.29 is 4.79 Å². The summed E-state index contributed by atoms with van der Waals surface area (Å²) in [6.07, 6.45) is 15.8. The minimum absolute atomic E-state index is 0.444. The number of piperazine rings is 1. The highest BCUT2D eigenvalue weighted by atomic mass is 16.2. The molecule has 2 aliphatic carbocycles. The first-order valence-electron chi connectivity index (χ1n) is 11.5. The molecule has 2 saturated heterocycles. The molecule has 2 saturated carbocycles. The van der Waals surface area contributed by atoms with E-state index in [0.717, 1.165) is 38.6 Å². The molecular formula is C22H39N3O. The molecule has 148 valence electrons. The van der Waals surface area contributed by atoms with Gasteiger partial charge in [-0.1, -0.05) is 19.3 Å². The van der Waals surface area contributed by atoms with Crippen LogP contribution in [-0.4, -0.2) is 61.0 Å². The van der Waals surface area contributed by atoms with Crippen LogP contribution in [0.4, 0.5) is 0 Å². The molecule has 0 unspecified atom stereocenters. The molecule has 0 aromatic carbocycles. The Morgan fingerprint density at radius 2 is 1.50 bits per heavy atom. The average molecular weight is 362 g/mol. The zero-order valence-corrected chi connectivity index (χ0v) is 16.7. The van der Waals surface area contributed by atoms with Crippen molar-refractivity contribution in [3.63, 3.8) is 0 Å². The number of nitrogens with one attached hydrogen (secondary N) is 1. The Kier molecular flexibility index (Phi) is 6.20. The van der Waals surface area contributed by atoms with Crippen LogP contribution in [0.25, 0.3) is 0 Å². The van der Waals surface area contributed by atoms with E-state index in [9.17, 15) is 4.79 Å². The molecule has 4 heteroatoms. The van der Waals surface area contributed by atoms with Gasteiger partial charge in [-0.3, -0.25) is 9.69 Å². The highest BCUT2D eigenvalue weighted by Gasteiger charge is 2.37. The number of hydrogen-bond acceptors (Lipinski definition) is 3. The maximum absolute atomic E-state index is 12.8. The van der Waals surface area contributed by atoms with Crippen LogP contribution in [0.2, 0.25) is 0 Å². The molecule has 0 atom stereocenters. The lowest BCUT2D eigenvalue weighted by molar-refractivity contribution is -0.135. The minimum Gasteiger partial charge on any atom is -0.340 e. The van der Waals surface area contributed by atoms with Crippen molar-refractivity contribution in [3.05, 3.63) is 0 Å². The van der Waals surface area contributed by atoms with Gasteiger partial charge in [-0.25, -0.2) is 0 Å². The molecule has 0 aromatic heterocycles.